The Morgan fingerprint density at radius 1 is 1.16 bits per heavy atom. The lowest BCUT2D eigenvalue weighted by Crippen LogP contribution is -2.09. The standard InChI is InChI=1S/C15H19N3O/c1-2-3-12-4-6-14(7-5-12)19-11-13-8-9-17-15(10-13)18-16/h4-10H,2-3,11,16H2,1H3,(H,17,18). The van der Waals surface area contributed by atoms with Gasteiger partial charge in [-0.05, 0) is 41.8 Å². The molecule has 0 saturated carbocycles. The van der Waals surface area contributed by atoms with Gasteiger partial charge in [0.05, 0.1) is 0 Å². The van der Waals surface area contributed by atoms with Crippen LogP contribution in [0.1, 0.15) is 24.5 Å². The van der Waals surface area contributed by atoms with E-state index in [2.05, 4.69) is 29.5 Å². The average Bonchev–Trinajstić information content (AvgIpc) is 2.47. The first-order chi connectivity index (χ1) is 9.31. The second-order valence-electron chi connectivity index (χ2n) is 4.38. The van der Waals surface area contributed by atoms with Crippen molar-refractivity contribution in [2.45, 2.75) is 26.4 Å². The van der Waals surface area contributed by atoms with Crippen molar-refractivity contribution in [1.29, 1.82) is 0 Å². The quantitative estimate of drug-likeness (QED) is 0.617. The van der Waals surface area contributed by atoms with Crippen LogP contribution in [-0.4, -0.2) is 4.98 Å². The number of benzene rings is 1. The SMILES string of the molecule is CCCc1ccc(OCc2ccnc(NN)c2)cc1. The Hall–Kier alpha value is -2.07. The van der Waals surface area contributed by atoms with Gasteiger partial charge in [0, 0.05) is 6.20 Å². The number of aromatic nitrogens is 1. The van der Waals surface area contributed by atoms with Crippen molar-refractivity contribution in [3.05, 3.63) is 53.7 Å². The first-order valence-electron chi connectivity index (χ1n) is 6.45. The summed E-state index contributed by atoms with van der Waals surface area (Å²) in [5.74, 6) is 6.83. The van der Waals surface area contributed by atoms with E-state index in [9.17, 15) is 0 Å². The molecule has 0 bridgehead atoms. The number of aryl methyl sites for hydroxylation is 1. The maximum Gasteiger partial charge on any atom is 0.140 e. The van der Waals surface area contributed by atoms with Crippen LogP contribution in [-0.2, 0) is 13.0 Å². The van der Waals surface area contributed by atoms with Gasteiger partial charge >= 0.3 is 0 Å². The molecule has 0 atom stereocenters. The monoisotopic (exact) mass is 257 g/mol. The summed E-state index contributed by atoms with van der Waals surface area (Å²) in [5, 5.41) is 0. The first kappa shape index (κ1) is 13.4. The highest BCUT2D eigenvalue weighted by Gasteiger charge is 1.99. The Labute approximate surface area is 113 Å². The molecule has 0 aliphatic rings. The van der Waals surface area contributed by atoms with Gasteiger partial charge in [-0.25, -0.2) is 10.8 Å². The normalized spacial score (nSPS) is 10.2. The van der Waals surface area contributed by atoms with E-state index in [4.69, 9.17) is 10.6 Å². The molecule has 19 heavy (non-hydrogen) atoms. The Morgan fingerprint density at radius 3 is 2.63 bits per heavy atom. The van der Waals surface area contributed by atoms with Crippen LogP contribution in [0.3, 0.4) is 0 Å². The molecule has 0 amide bonds. The van der Waals surface area contributed by atoms with E-state index in [-0.39, 0.29) is 0 Å². The van der Waals surface area contributed by atoms with Gasteiger partial charge in [-0.1, -0.05) is 25.5 Å². The molecule has 0 aliphatic carbocycles. The summed E-state index contributed by atoms with van der Waals surface area (Å²) in [4.78, 5) is 4.05. The second kappa shape index (κ2) is 6.75. The minimum absolute atomic E-state index is 0.504. The van der Waals surface area contributed by atoms with Crippen molar-refractivity contribution in [1.82, 2.24) is 4.98 Å². The molecule has 0 saturated heterocycles. The number of hydrazine groups is 1. The number of pyridine rings is 1. The Bertz CT molecular complexity index is 511. The molecule has 1 aromatic carbocycles. The highest BCUT2D eigenvalue weighted by atomic mass is 16.5. The van der Waals surface area contributed by atoms with Crippen molar-refractivity contribution < 1.29 is 4.74 Å². The Morgan fingerprint density at radius 2 is 1.95 bits per heavy atom. The van der Waals surface area contributed by atoms with Gasteiger partial charge in [-0.2, -0.15) is 0 Å². The number of nitrogens with one attached hydrogen (secondary N) is 1. The first-order valence-corrected chi connectivity index (χ1v) is 6.45. The molecule has 0 unspecified atom stereocenters. The zero-order chi connectivity index (χ0) is 13.5. The van der Waals surface area contributed by atoms with Crippen LogP contribution in [0.2, 0.25) is 0 Å². The molecule has 2 rings (SSSR count). The van der Waals surface area contributed by atoms with Gasteiger partial charge in [0.25, 0.3) is 0 Å². The largest absolute Gasteiger partial charge is 0.489 e. The molecule has 2 aromatic rings. The van der Waals surface area contributed by atoms with E-state index in [1.807, 2.05) is 24.3 Å². The van der Waals surface area contributed by atoms with Gasteiger partial charge in [-0.3, -0.25) is 0 Å². The zero-order valence-corrected chi connectivity index (χ0v) is 11.1. The minimum atomic E-state index is 0.504. The van der Waals surface area contributed by atoms with Crippen molar-refractivity contribution in [2.75, 3.05) is 5.43 Å². The summed E-state index contributed by atoms with van der Waals surface area (Å²) in [5.41, 5.74) is 4.89. The van der Waals surface area contributed by atoms with Crippen LogP contribution >= 0.6 is 0 Å². The number of anilines is 1. The summed E-state index contributed by atoms with van der Waals surface area (Å²) >= 11 is 0. The number of nitrogens with zero attached hydrogens (tertiary/aromatic N) is 1. The summed E-state index contributed by atoms with van der Waals surface area (Å²) < 4.78 is 5.73. The van der Waals surface area contributed by atoms with Crippen molar-refractivity contribution in [2.24, 2.45) is 5.84 Å². The third kappa shape index (κ3) is 3.96. The summed E-state index contributed by atoms with van der Waals surface area (Å²) in [6.45, 7) is 2.68. The lowest BCUT2D eigenvalue weighted by atomic mass is 10.1. The molecule has 0 aliphatic heterocycles. The maximum absolute atomic E-state index is 5.73. The molecule has 4 nitrogen and oxygen atoms in total. The predicted octanol–water partition coefficient (Wildman–Crippen LogP) is 2.90. The Kier molecular flexibility index (Phi) is 4.75. The molecule has 1 heterocycles. The van der Waals surface area contributed by atoms with Gasteiger partial charge in [0.2, 0.25) is 0 Å². The maximum atomic E-state index is 5.73. The lowest BCUT2D eigenvalue weighted by molar-refractivity contribution is 0.306. The second-order valence-corrected chi connectivity index (χ2v) is 4.38. The number of rotatable bonds is 6. The van der Waals surface area contributed by atoms with E-state index in [1.54, 1.807) is 6.20 Å². The highest BCUT2D eigenvalue weighted by molar-refractivity contribution is 5.36. The van der Waals surface area contributed by atoms with Crippen molar-refractivity contribution in [3.63, 3.8) is 0 Å². The highest BCUT2D eigenvalue weighted by Crippen LogP contribution is 2.15. The fourth-order valence-corrected chi connectivity index (χ4v) is 1.85. The third-order valence-electron chi connectivity index (χ3n) is 2.84. The third-order valence-corrected chi connectivity index (χ3v) is 2.84. The van der Waals surface area contributed by atoms with Gasteiger partial charge in [0.15, 0.2) is 0 Å². The van der Waals surface area contributed by atoms with Crippen molar-refractivity contribution in [3.8, 4) is 5.75 Å². The van der Waals surface area contributed by atoms with Crippen LogP contribution < -0.4 is 16.0 Å². The Balaban J connectivity index is 1.94. The number of nitrogens with two attached hydrogens (primary N) is 1. The molecule has 0 spiro atoms. The number of hydrogen-bond donors (Lipinski definition) is 2. The van der Waals surface area contributed by atoms with Crippen LogP contribution in [0.15, 0.2) is 42.6 Å². The predicted molar refractivity (Wildman–Crippen MR) is 76.8 cm³/mol. The number of ether oxygens (including phenoxy) is 1. The molecular formula is C15H19N3O. The average molecular weight is 257 g/mol. The number of nitrogen functional groups attached to an aromatic ring is 1. The van der Waals surface area contributed by atoms with Gasteiger partial charge in [-0.15, -0.1) is 0 Å². The fourth-order valence-electron chi connectivity index (χ4n) is 1.85. The molecular weight excluding hydrogens is 238 g/mol. The fraction of sp³-hybridized carbons (Fsp3) is 0.267. The minimum Gasteiger partial charge on any atom is -0.489 e. The molecule has 100 valence electrons. The summed E-state index contributed by atoms with van der Waals surface area (Å²) in [6.07, 6.45) is 3.97. The molecule has 1 aromatic heterocycles. The topological polar surface area (TPSA) is 60.2 Å². The van der Waals surface area contributed by atoms with Crippen LogP contribution in [0.5, 0.6) is 5.75 Å². The molecule has 0 fully saturated rings. The van der Waals surface area contributed by atoms with Crippen LogP contribution in [0.4, 0.5) is 5.82 Å². The lowest BCUT2D eigenvalue weighted by Gasteiger charge is -2.08. The molecule has 4 heteroatoms. The van der Waals surface area contributed by atoms with E-state index >= 15 is 0 Å². The molecule has 3 N–H and O–H groups in total. The van der Waals surface area contributed by atoms with Crippen LogP contribution in [0.25, 0.3) is 0 Å². The van der Waals surface area contributed by atoms with Crippen molar-refractivity contribution >= 4 is 5.82 Å². The van der Waals surface area contributed by atoms with Gasteiger partial charge in [0.1, 0.15) is 18.2 Å². The van der Waals surface area contributed by atoms with E-state index in [1.165, 1.54) is 5.56 Å². The van der Waals surface area contributed by atoms with E-state index in [0.717, 1.165) is 24.2 Å². The van der Waals surface area contributed by atoms with Gasteiger partial charge < -0.3 is 10.2 Å². The molecule has 0 radical (unpaired) electrons. The van der Waals surface area contributed by atoms with Crippen LogP contribution in [0, 0.1) is 0 Å². The summed E-state index contributed by atoms with van der Waals surface area (Å²) in [7, 11) is 0. The van der Waals surface area contributed by atoms with E-state index < -0.39 is 0 Å². The smallest absolute Gasteiger partial charge is 0.140 e. The summed E-state index contributed by atoms with van der Waals surface area (Å²) in [6, 6.07) is 12.0. The zero-order valence-electron chi connectivity index (χ0n) is 11.1. The van der Waals surface area contributed by atoms with E-state index in [0.29, 0.717) is 12.4 Å². The number of hydrogen-bond acceptors (Lipinski definition) is 4.